The first-order valence-corrected chi connectivity index (χ1v) is 8.93. The van der Waals surface area contributed by atoms with Crippen LogP contribution in [0, 0.1) is 0 Å². The first-order chi connectivity index (χ1) is 13.6. The minimum atomic E-state index is -0.504. The van der Waals surface area contributed by atoms with E-state index in [4.69, 9.17) is 23.7 Å². The quantitative estimate of drug-likeness (QED) is 0.332. The number of hydrogen-bond donors (Lipinski definition) is 0. The predicted octanol–water partition coefficient (Wildman–Crippen LogP) is 3.12. The average Bonchev–Trinajstić information content (AvgIpc) is 2.72. The third kappa shape index (κ3) is 7.02. The smallest absolute Gasteiger partial charge is 0.343 e. The molecule has 0 amide bonds. The van der Waals surface area contributed by atoms with Crippen molar-refractivity contribution < 1.29 is 33.3 Å². The van der Waals surface area contributed by atoms with Crippen LogP contribution in [0.1, 0.15) is 27.6 Å². The van der Waals surface area contributed by atoms with Crippen LogP contribution < -0.4 is 9.47 Å². The van der Waals surface area contributed by atoms with Crippen LogP contribution in [0.2, 0.25) is 0 Å². The van der Waals surface area contributed by atoms with E-state index in [1.165, 1.54) is 0 Å². The summed E-state index contributed by atoms with van der Waals surface area (Å²) in [6.45, 7) is 3.90. The molecule has 0 fully saturated rings. The summed E-state index contributed by atoms with van der Waals surface area (Å²) in [7, 11) is 1.60. The summed E-state index contributed by atoms with van der Waals surface area (Å²) in [5, 5.41) is 0. The fraction of sp³-hybridized carbons (Fsp3) is 0.333. The van der Waals surface area contributed by atoms with Crippen LogP contribution in [0.5, 0.6) is 11.5 Å². The van der Waals surface area contributed by atoms with Gasteiger partial charge in [-0.2, -0.15) is 0 Å². The molecule has 0 atom stereocenters. The van der Waals surface area contributed by atoms with Crippen LogP contribution in [0.3, 0.4) is 0 Å². The van der Waals surface area contributed by atoms with Crippen molar-refractivity contribution in [2.24, 2.45) is 0 Å². The van der Waals surface area contributed by atoms with Gasteiger partial charge in [0, 0.05) is 13.7 Å². The molecule has 0 aliphatic carbocycles. The molecule has 0 saturated heterocycles. The number of benzene rings is 2. The Kier molecular flexibility index (Phi) is 8.97. The van der Waals surface area contributed by atoms with Crippen molar-refractivity contribution in [3.63, 3.8) is 0 Å². The number of carbonyl (C=O) groups excluding carboxylic acids is 2. The molecule has 2 rings (SSSR count). The van der Waals surface area contributed by atoms with Gasteiger partial charge in [0.15, 0.2) is 0 Å². The molecule has 2 aromatic rings. The molecule has 0 bridgehead atoms. The number of rotatable bonds is 11. The highest BCUT2D eigenvalue weighted by Gasteiger charge is 2.11. The van der Waals surface area contributed by atoms with Gasteiger partial charge in [0.25, 0.3) is 0 Å². The predicted molar refractivity (Wildman–Crippen MR) is 102 cm³/mol. The number of methoxy groups -OCH3 is 1. The van der Waals surface area contributed by atoms with E-state index in [2.05, 4.69) is 0 Å². The largest absolute Gasteiger partial charge is 0.491 e. The zero-order chi connectivity index (χ0) is 20.2. The van der Waals surface area contributed by atoms with E-state index >= 15 is 0 Å². The molecule has 7 heteroatoms. The Bertz CT molecular complexity index is 738. The number of esters is 2. The minimum Gasteiger partial charge on any atom is -0.491 e. The van der Waals surface area contributed by atoms with E-state index in [9.17, 15) is 9.59 Å². The molecule has 0 aliphatic heterocycles. The van der Waals surface area contributed by atoms with E-state index in [1.54, 1.807) is 55.6 Å². The van der Waals surface area contributed by atoms with Crippen LogP contribution in [-0.4, -0.2) is 52.1 Å². The van der Waals surface area contributed by atoms with Crippen molar-refractivity contribution in [3.05, 3.63) is 59.7 Å². The monoisotopic (exact) mass is 388 g/mol. The maximum atomic E-state index is 12.2. The fourth-order valence-electron chi connectivity index (χ4n) is 2.18. The maximum absolute atomic E-state index is 12.2. The molecular weight excluding hydrogens is 364 g/mol. The normalized spacial score (nSPS) is 10.4. The van der Waals surface area contributed by atoms with E-state index in [-0.39, 0.29) is 6.61 Å². The van der Waals surface area contributed by atoms with Gasteiger partial charge in [-0.25, -0.2) is 9.59 Å². The molecule has 150 valence electrons. The van der Waals surface area contributed by atoms with Crippen molar-refractivity contribution in [3.8, 4) is 11.5 Å². The van der Waals surface area contributed by atoms with Crippen LogP contribution in [0.15, 0.2) is 48.5 Å². The molecule has 0 N–H and O–H groups in total. The summed E-state index contributed by atoms with van der Waals surface area (Å²) in [5.74, 6) is 0.00853. The Balaban J connectivity index is 1.85. The standard InChI is InChI=1S/C21H24O7/c1-3-25-13-15-27-20(22)16-6-10-19(11-7-16)28-21(23)17-4-8-18(9-5-17)26-14-12-24-2/h4-11H,3,12-15H2,1-2H3. The van der Waals surface area contributed by atoms with E-state index in [0.29, 0.717) is 49.1 Å². The first kappa shape index (κ1) is 21.4. The van der Waals surface area contributed by atoms with Crippen molar-refractivity contribution >= 4 is 11.9 Å². The van der Waals surface area contributed by atoms with Gasteiger partial charge >= 0.3 is 11.9 Å². The Labute approximate surface area is 164 Å². The highest BCUT2D eigenvalue weighted by molar-refractivity contribution is 5.92. The second-order valence-corrected chi connectivity index (χ2v) is 5.61. The summed E-state index contributed by atoms with van der Waals surface area (Å²) in [4.78, 5) is 24.1. The van der Waals surface area contributed by atoms with E-state index < -0.39 is 11.9 Å². The highest BCUT2D eigenvalue weighted by atomic mass is 16.6. The third-order valence-electron chi connectivity index (χ3n) is 3.61. The molecule has 0 unspecified atom stereocenters. The summed E-state index contributed by atoms with van der Waals surface area (Å²) in [6.07, 6.45) is 0. The van der Waals surface area contributed by atoms with E-state index in [0.717, 1.165) is 0 Å². The third-order valence-corrected chi connectivity index (χ3v) is 3.61. The zero-order valence-corrected chi connectivity index (χ0v) is 16.0. The van der Waals surface area contributed by atoms with Crippen LogP contribution >= 0.6 is 0 Å². The molecule has 28 heavy (non-hydrogen) atoms. The maximum Gasteiger partial charge on any atom is 0.343 e. The molecule has 2 aromatic carbocycles. The van der Waals surface area contributed by atoms with Crippen molar-refractivity contribution in [1.29, 1.82) is 0 Å². The SMILES string of the molecule is CCOCCOC(=O)c1ccc(OC(=O)c2ccc(OCCOC)cc2)cc1. The number of ether oxygens (including phenoxy) is 5. The Morgan fingerprint density at radius 3 is 1.96 bits per heavy atom. The lowest BCUT2D eigenvalue weighted by molar-refractivity contribution is 0.0335. The molecule has 0 saturated carbocycles. The molecule has 0 spiro atoms. The van der Waals surface area contributed by atoms with Crippen molar-refractivity contribution in [2.45, 2.75) is 6.92 Å². The first-order valence-electron chi connectivity index (χ1n) is 8.93. The molecule has 0 radical (unpaired) electrons. The molecule has 0 aromatic heterocycles. The second kappa shape index (κ2) is 11.7. The van der Waals surface area contributed by atoms with Gasteiger partial charge in [-0.15, -0.1) is 0 Å². The average molecular weight is 388 g/mol. The minimum absolute atomic E-state index is 0.189. The van der Waals surface area contributed by atoms with Gasteiger partial charge in [-0.1, -0.05) is 0 Å². The van der Waals surface area contributed by atoms with Gasteiger partial charge in [0.2, 0.25) is 0 Å². The van der Waals surface area contributed by atoms with Crippen LogP contribution in [0.25, 0.3) is 0 Å². The summed E-state index contributed by atoms with van der Waals surface area (Å²) in [5.41, 5.74) is 0.757. The second-order valence-electron chi connectivity index (χ2n) is 5.61. The lowest BCUT2D eigenvalue weighted by atomic mass is 10.2. The molecule has 7 nitrogen and oxygen atoms in total. The lowest BCUT2D eigenvalue weighted by Crippen LogP contribution is -2.11. The molecule has 0 aliphatic rings. The Morgan fingerprint density at radius 2 is 1.36 bits per heavy atom. The summed E-state index contributed by atoms with van der Waals surface area (Å²) in [6, 6.07) is 12.8. The van der Waals surface area contributed by atoms with Crippen LogP contribution in [-0.2, 0) is 14.2 Å². The van der Waals surface area contributed by atoms with Gasteiger partial charge in [0.1, 0.15) is 24.7 Å². The zero-order valence-electron chi connectivity index (χ0n) is 16.0. The van der Waals surface area contributed by atoms with Crippen molar-refractivity contribution in [2.75, 3.05) is 40.1 Å². The molecule has 0 heterocycles. The number of carbonyl (C=O) groups is 2. The Morgan fingerprint density at radius 1 is 0.750 bits per heavy atom. The highest BCUT2D eigenvalue weighted by Crippen LogP contribution is 2.17. The summed E-state index contributed by atoms with van der Waals surface area (Å²) < 4.78 is 25.9. The van der Waals surface area contributed by atoms with Gasteiger partial charge < -0.3 is 23.7 Å². The van der Waals surface area contributed by atoms with Gasteiger partial charge in [0.05, 0.1) is 24.3 Å². The van der Waals surface area contributed by atoms with Crippen LogP contribution in [0.4, 0.5) is 0 Å². The lowest BCUT2D eigenvalue weighted by Gasteiger charge is -2.08. The topological polar surface area (TPSA) is 80.3 Å². The summed E-state index contributed by atoms with van der Waals surface area (Å²) >= 11 is 0. The molecular formula is C21H24O7. The van der Waals surface area contributed by atoms with Gasteiger partial charge in [-0.05, 0) is 55.5 Å². The fourth-order valence-corrected chi connectivity index (χ4v) is 2.18. The van der Waals surface area contributed by atoms with Gasteiger partial charge in [-0.3, -0.25) is 0 Å². The van der Waals surface area contributed by atoms with E-state index in [1.807, 2.05) is 6.92 Å². The van der Waals surface area contributed by atoms with Crippen molar-refractivity contribution in [1.82, 2.24) is 0 Å². The number of hydrogen-bond acceptors (Lipinski definition) is 7. The Hall–Kier alpha value is -2.90.